The van der Waals surface area contributed by atoms with E-state index in [1.807, 2.05) is 0 Å². The molecule has 74 valence electrons. The maximum Gasteiger partial charge on any atom is 0.0894 e. The van der Waals surface area contributed by atoms with Gasteiger partial charge in [-0.05, 0) is 24.7 Å². The summed E-state index contributed by atoms with van der Waals surface area (Å²) in [6, 6.07) is 0. The Hall–Kier alpha value is -0.0700. The first kappa shape index (κ1) is 11.9. The summed E-state index contributed by atoms with van der Waals surface area (Å²) in [5.41, 5.74) is 0. The Kier molecular flexibility index (Phi) is 7.53. The van der Waals surface area contributed by atoms with E-state index in [4.69, 9.17) is 0 Å². The monoisotopic (exact) mass is 174 g/mol. The van der Waals surface area contributed by atoms with E-state index in [1.165, 1.54) is 19.3 Å². The summed E-state index contributed by atoms with van der Waals surface area (Å²) in [5, 5.41) is 0. The minimum absolute atomic E-state index is 0.144. The second-order valence-electron chi connectivity index (χ2n) is 4.26. The normalized spacial score (nSPS) is 13.8. The van der Waals surface area contributed by atoms with Gasteiger partial charge in [0, 0.05) is 0 Å². The first-order valence-electron chi connectivity index (χ1n) is 5.22. The van der Waals surface area contributed by atoms with Crippen LogP contribution in [-0.4, -0.2) is 6.67 Å². The molecule has 0 aromatic carbocycles. The van der Waals surface area contributed by atoms with Gasteiger partial charge < -0.3 is 0 Å². The van der Waals surface area contributed by atoms with Gasteiger partial charge in [-0.1, -0.05) is 40.0 Å². The van der Waals surface area contributed by atoms with Crippen LogP contribution in [0, 0.1) is 11.8 Å². The van der Waals surface area contributed by atoms with Crippen LogP contribution in [0.3, 0.4) is 0 Å². The molecule has 0 nitrogen and oxygen atoms in total. The van der Waals surface area contributed by atoms with E-state index >= 15 is 0 Å². The zero-order valence-electron chi connectivity index (χ0n) is 8.78. The van der Waals surface area contributed by atoms with Crippen molar-refractivity contribution in [2.75, 3.05) is 6.67 Å². The number of hydrogen-bond acceptors (Lipinski definition) is 0. The summed E-state index contributed by atoms with van der Waals surface area (Å²) in [6.07, 6.45) is 5.72. The smallest absolute Gasteiger partial charge is 0.0894 e. The standard InChI is InChI=1S/C11H23F/c1-10(2)6-4-7-11(3)8-5-9-12/h10-11H,4-9H2,1-3H3. The van der Waals surface area contributed by atoms with Crippen LogP contribution < -0.4 is 0 Å². The van der Waals surface area contributed by atoms with Crippen molar-refractivity contribution in [2.45, 2.75) is 52.9 Å². The zero-order chi connectivity index (χ0) is 9.40. The highest BCUT2D eigenvalue weighted by Crippen LogP contribution is 2.16. The molecule has 0 rings (SSSR count). The SMILES string of the molecule is CC(C)CCCC(C)CCCF. The molecule has 0 aliphatic carbocycles. The van der Waals surface area contributed by atoms with E-state index in [2.05, 4.69) is 20.8 Å². The molecule has 0 N–H and O–H groups in total. The summed E-state index contributed by atoms with van der Waals surface area (Å²) in [7, 11) is 0. The molecule has 1 unspecified atom stereocenters. The highest BCUT2D eigenvalue weighted by Gasteiger charge is 2.02. The lowest BCUT2D eigenvalue weighted by molar-refractivity contribution is 0.387. The molecule has 12 heavy (non-hydrogen) atoms. The Morgan fingerprint density at radius 1 is 0.917 bits per heavy atom. The summed E-state index contributed by atoms with van der Waals surface area (Å²) in [5.74, 6) is 1.54. The van der Waals surface area contributed by atoms with Crippen molar-refractivity contribution in [1.82, 2.24) is 0 Å². The largest absolute Gasteiger partial charge is 0.251 e. The average molecular weight is 174 g/mol. The molecule has 1 heteroatoms. The fraction of sp³-hybridized carbons (Fsp3) is 1.00. The summed E-state index contributed by atoms with van der Waals surface area (Å²) in [6.45, 7) is 6.60. The van der Waals surface area contributed by atoms with Gasteiger partial charge in [0.05, 0.1) is 6.67 Å². The molecule has 0 aromatic rings. The van der Waals surface area contributed by atoms with Gasteiger partial charge in [0.2, 0.25) is 0 Å². The van der Waals surface area contributed by atoms with Gasteiger partial charge in [0.15, 0.2) is 0 Å². The fourth-order valence-corrected chi connectivity index (χ4v) is 1.44. The summed E-state index contributed by atoms with van der Waals surface area (Å²) < 4.78 is 11.8. The maximum absolute atomic E-state index is 11.8. The second-order valence-corrected chi connectivity index (χ2v) is 4.26. The van der Waals surface area contributed by atoms with Crippen molar-refractivity contribution in [1.29, 1.82) is 0 Å². The summed E-state index contributed by atoms with van der Waals surface area (Å²) >= 11 is 0. The molecule has 0 saturated heterocycles. The van der Waals surface area contributed by atoms with E-state index in [-0.39, 0.29) is 6.67 Å². The average Bonchev–Trinajstić information content (AvgIpc) is 2.00. The molecule has 0 amide bonds. The van der Waals surface area contributed by atoms with Crippen LogP contribution in [0.25, 0.3) is 0 Å². The maximum atomic E-state index is 11.8. The molecular formula is C11H23F. The molecule has 0 heterocycles. The molecule has 0 spiro atoms. The van der Waals surface area contributed by atoms with Crippen LogP contribution in [0.15, 0.2) is 0 Å². The third kappa shape index (κ3) is 8.03. The van der Waals surface area contributed by atoms with Crippen LogP contribution in [0.4, 0.5) is 4.39 Å². The molecular weight excluding hydrogens is 151 g/mol. The predicted octanol–water partition coefficient (Wildman–Crippen LogP) is 4.20. The van der Waals surface area contributed by atoms with Gasteiger partial charge in [-0.25, -0.2) is 0 Å². The second kappa shape index (κ2) is 7.57. The third-order valence-corrected chi connectivity index (χ3v) is 2.31. The third-order valence-electron chi connectivity index (χ3n) is 2.31. The Morgan fingerprint density at radius 3 is 2.00 bits per heavy atom. The zero-order valence-corrected chi connectivity index (χ0v) is 8.78. The molecule has 0 aliphatic heterocycles. The first-order valence-corrected chi connectivity index (χ1v) is 5.22. The Bertz CT molecular complexity index is 89.0. The Labute approximate surface area is 76.6 Å². The highest BCUT2D eigenvalue weighted by atomic mass is 19.1. The molecule has 0 aliphatic rings. The highest BCUT2D eigenvalue weighted by molar-refractivity contribution is 4.55. The minimum Gasteiger partial charge on any atom is -0.251 e. The molecule has 1 atom stereocenters. The van der Waals surface area contributed by atoms with E-state index in [0.29, 0.717) is 0 Å². The first-order chi connectivity index (χ1) is 5.66. The van der Waals surface area contributed by atoms with Crippen LogP contribution in [0.2, 0.25) is 0 Å². The Morgan fingerprint density at radius 2 is 1.50 bits per heavy atom. The van der Waals surface area contributed by atoms with E-state index in [0.717, 1.165) is 24.7 Å². The van der Waals surface area contributed by atoms with E-state index < -0.39 is 0 Å². The minimum atomic E-state index is -0.144. The van der Waals surface area contributed by atoms with Gasteiger partial charge in [-0.3, -0.25) is 4.39 Å². The summed E-state index contributed by atoms with van der Waals surface area (Å²) in [4.78, 5) is 0. The topological polar surface area (TPSA) is 0 Å². The van der Waals surface area contributed by atoms with Gasteiger partial charge in [-0.2, -0.15) is 0 Å². The van der Waals surface area contributed by atoms with Crippen LogP contribution >= 0.6 is 0 Å². The van der Waals surface area contributed by atoms with Crippen LogP contribution in [-0.2, 0) is 0 Å². The van der Waals surface area contributed by atoms with Crippen molar-refractivity contribution in [3.8, 4) is 0 Å². The van der Waals surface area contributed by atoms with Crippen LogP contribution in [0.1, 0.15) is 52.9 Å². The van der Waals surface area contributed by atoms with Crippen LogP contribution in [0.5, 0.6) is 0 Å². The lowest BCUT2D eigenvalue weighted by Gasteiger charge is -2.10. The quantitative estimate of drug-likeness (QED) is 0.542. The van der Waals surface area contributed by atoms with Gasteiger partial charge in [-0.15, -0.1) is 0 Å². The number of alkyl halides is 1. The van der Waals surface area contributed by atoms with Gasteiger partial charge >= 0.3 is 0 Å². The number of halogens is 1. The molecule has 0 radical (unpaired) electrons. The molecule has 0 bridgehead atoms. The lowest BCUT2D eigenvalue weighted by atomic mass is 9.96. The number of hydrogen-bond donors (Lipinski definition) is 0. The van der Waals surface area contributed by atoms with Crippen molar-refractivity contribution >= 4 is 0 Å². The van der Waals surface area contributed by atoms with Crippen molar-refractivity contribution in [2.24, 2.45) is 11.8 Å². The van der Waals surface area contributed by atoms with Gasteiger partial charge in [0.1, 0.15) is 0 Å². The van der Waals surface area contributed by atoms with Crippen molar-refractivity contribution < 1.29 is 4.39 Å². The lowest BCUT2D eigenvalue weighted by Crippen LogP contribution is -1.97. The predicted molar refractivity (Wildman–Crippen MR) is 53.1 cm³/mol. The van der Waals surface area contributed by atoms with Gasteiger partial charge in [0.25, 0.3) is 0 Å². The fourth-order valence-electron chi connectivity index (χ4n) is 1.44. The Balaban J connectivity index is 3.13. The van der Waals surface area contributed by atoms with Crippen molar-refractivity contribution in [3.05, 3.63) is 0 Å². The van der Waals surface area contributed by atoms with Crippen molar-refractivity contribution in [3.63, 3.8) is 0 Å². The molecule has 0 aromatic heterocycles. The van der Waals surface area contributed by atoms with E-state index in [9.17, 15) is 4.39 Å². The molecule has 0 fully saturated rings. The van der Waals surface area contributed by atoms with E-state index in [1.54, 1.807) is 0 Å². The molecule has 0 saturated carbocycles. The number of rotatable bonds is 7.